The van der Waals surface area contributed by atoms with Gasteiger partial charge in [-0.1, -0.05) is 53.0 Å². The molecule has 3 aromatic rings. The molecule has 1 aromatic heterocycles. The average Bonchev–Trinajstić information content (AvgIpc) is 2.59. The Morgan fingerprint density at radius 2 is 1.58 bits per heavy atom. The maximum Gasteiger partial charge on any atom is 0.250 e. The van der Waals surface area contributed by atoms with E-state index in [9.17, 15) is 0 Å². The first-order valence-electron chi connectivity index (χ1n) is 7.00. The Morgan fingerprint density at radius 1 is 0.875 bits per heavy atom. The van der Waals surface area contributed by atoms with E-state index in [1.807, 2.05) is 36.4 Å². The second-order valence-electron chi connectivity index (χ2n) is 4.98. The number of aromatic nitrogens is 2. The summed E-state index contributed by atoms with van der Waals surface area (Å²) < 4.78 is 8.92. The van der Waals surface area contributed by atoms with E-state index in [-0.39, 0.29) is 5.82 Å². The minimum atomic E-state index is -1.71. The van der Waals surface area contributed by atoms with Gasteiger partial charge in [0.05, 0.1) is 25.4 Å². The van der Waals surface area contributed by atoms with Crippen LogP contribution in [0.15, 0.2) is 42.5 Å². The number of hydrogen-bond donors (Lipinski definition) is 0. The lowest BCUT2D eigenvalue weighted by Gasteiger charge is -2.14. The molecule has 0 N–H and O–H groups in total. The van der Waals surface area contributed by atoms with Crippen molar-refractivity contribution in [3.8, 4) is 22.8 Å². The fourth-order valence-corrected chi connectivity index (χ4v) is 2.66. The molecule has 0 radical (unpaired) electrons. The molecule has 2 aromatic carbocycles. The number of alkyl halides is 3. The van der Waals surface area contributed by atoms with E-state index in [1.54, 1.807) is 20.3 Å². The quantitative estimate of drug-likeness (QED) is 0.587. The van der Waals surface area contributed by atoms with Gasteiger partial charge < -0.3 is 9.47 Å². The normalized spacial score (nSPS) is 11.5. The Morgan fingerprint density at radius 3 is 2.25 bits per heavy atom. The summed E-state index contributed by atoms with van der Waals surface area (Å²) in [7, 11) is 3.16. The van der Waals surface area contributed by atoms with Crippen LogP contribution in [0.4, 0.5) is 0 Å². The van der Waals surface area contributed by atoms with Gasteiger partial charge >= 0.3 is 0 Å². The van der Waals surface area contributed by atoms with Crippen molar-refractivity contribution in [3.05, 3.63) is 48.3 Å². The summed E-state index contributed by atoms with van der Waals surface area (Å²) >= 11 is 18.0. The number of ether oxygens (including phenoxy) is 2. The summed E-state index contributed by atoms with van der Waals surface area (Å²) in [6, 6.07) is 13.1. The van der Waals surface area contributed by atoms with Gasteiger partial charge in [0.25, 0.3) is 0 Å². The first-order valence-corrected chi connectivity index (χ1v) is 8.14. The smallest absolute Gasteiger partial charge is 0.250 e. The van der Waals surface area contributed by atoms with E-state index in [0.717, 1.165) is 10.9 Å². The predicted octanol–water partition coefficient (Wildman–Crippen LogP) is 5.14. The number of hydrogen-bond acceptors (Lipinski definition) is 4. The molecule has 0 aliphatic carbocycles. The number of methoxy groups -OCH3 is 2. The third-order valence-corrected chi connectivity index (χ3v) is 4.02. The van der Waals surface area contributed by atoms with Crippen LogP contribution in [-0.2, 0) is 3.79 Å². The Kier molecular flexibility index (Phi) is 4.72. The SMILES string of the molecule is COc1ccc(-c2nc(C(Cl)(Cl)Cl)nc3ccccc23)cc1OC. The third-order valence-electron chi connectivity index (χ3n) is 3.51. The van der Waals surface area contributed by atoms with Crippen LogP contribution < -0.4 is 9.47 Å². The molecule has 0 aliphatic rings. The molecule has 3 rings (SSSR count). The van der Waals surface area contributed by atoms with Gasteiger partial charge in [0.1, 0.15) is 0 Å². The summed E-state index contributed by atoms with van der Waals surface area (Å²) in [4.78, 5) is 8.82. The molecule has 0 atom stereocenters. The van der Waals surface area contributed by atoms with Crippen molar-refractivity contribution in [1.29, 1.82) is 0 Å². The Labute approximate surface area is 154 Å². The maximum atomic E-state index is 5.99. The molecule has 0 amide bonds. The van der Waals surface area contributed by atoms with Gasteiger partial charge in [-0.25, -0.2) is 9.97 Å². The van der Waals surface area contributed by atoms with Crippen LogP contribution in [0.1, 0.15) is 5.82 Å². The number of rotatable bonds is 3. The summed E-state index contributed by atoms with van der Waals surface area (Å²) in [5.74, 6) is 1.34. The van der Waals surface area contributed by atoms with Crippen LogP contribution in [-0.4, -0.2) is 24.2 Å². The fraction of sp³-hybridized carbons (Fsp3) is 0.176. The molecule has 0 aliphatic heterocycles. The lowest BCUT2D eigenvalue weighted by atomic mass is 10.1. The number of nitrogens with zero attached hydrogens (tertiary/aromatic N) is 2. The molecule has 0 unspecified atom stereocenters. The highest BCUT2D eigenvalue weighted by molar-refractivity contribution is 6.66. The first kappa shape index (κ1) is 17.1. The van der Waals surface area contributed by atoms with Crippen molar-refractivity contribution in [2.45, 2.75) is 3.79 Å². The first-order chi connectivity index (χ1) is 11.4. The average molecular weight is 384 g/mol. The lowest BCUT2D eigenvalue weighted by molar-refractivity contribution is 0.355. The maximum absolute atomic E-state index is 5.99. The minimum absolute atomic E-state index is 0.121. The van der Waals surface area contributed by atoms with Gasteiger partial charge in [-0.15, -0.1) is 0 Å². The lowest BCUT2D eigenvalue weighted by Crippen LogP contribution is -2.08. The molecular formula is C17H13Cl3N2O2. The van der Waals surface area contributed by atoms with E-state index in [2.05, 4.69) is 9.97 Å². The second kappa shape index (κ2) is 6.63. The molecule has 0 saturated heterocycles. The zero-order valence-corrected chi connectivity index (χ0v) is 15.2. The van der Waals surface area contributed by atoms with E-state index in [1.165, 1.54) is 0 Å². The Hall–Kier alpha value is -1.75. The second-order valence-corrected chi connectivity index (χ2v) is 7.26. The molecule has 24 heavy (non-hydrogen) atoms. The Bertz CT molecular complexity index is 895. The molecule has 7 heteroatoms. The van der Waals surface area contributed by atoms with Crippen LogP contribution >= 0.6 is 34.8 Å². The van der Waals surface area contributed by atoms with Crippen LogP contribution in [0, 0.1) is 0 Å². The summed E-state index contributed by atoms with van der Waals surface area (Å²) in [6.45, 7) is 0. The van der Waals surface area contributed by atoms with Crippen molar-refractivity contribution in [1.82, 2.24) is 9.97 Å². The van der Waals surface area contributed by atoms with Crippen molar-refractivity contribution in [3.63, 3.8) is 0 Å². The molecule has 124 valence electrons. The molecule has 4 nitrogen and oxygen atoms in total. The number of benzene rings is 2. The van der Waals surface area contributed by atoms with E-state index in [0.29, 0.717) is 22.7 Å². The van der Waals surface area contributed by atoms with Gasteiger partial charge in [0, 0.05) is 10.9 Å². The van der Waals surface area contributed by atoms with Gasteiger partial charge in [0.2, 0.25) is 3.79 Å². The number of halogens is 3. The number of para-hydroxylation sites is 1. The van der Waals surface area contributed by atoms with E-state index >= 15 is 0 Å². The monoisotopic (exact) mass is 382 g/mol. The van der Waals surface area contributed by atoms with Crippen LogP contribution in [0.2, 0.25) is 0 Å². The highest BCUT2D eigenvalue weighted by atomic mass is 35.6. The molecule has 0 bridgehead atoms. The van der Waals surface area contributed by atoms with Gasteiger partial charge in [-0.05, 0) is 24.3 Å². The van der Waals surface area contributed by atoms with Gasteiger partial charge in [-0.2, -0.15) is 0 Å². The zero-order chi connectivity index (χ0) is 17.3. The van der Waals surface area contributed by atoms with E-state index in [4.69, 9.17) is 44.3 Å². The van der Waals surface area contributed by atoms with Crippen molar-refractivity contribution < 1.29 is 9.47 Å². The summed E-state index contributed by atoms with van der Waals surface area (Å²) in [5, 5.41) is 0.850. The molecule has 0 fully saturated rings. The molecule has 0 spiro atoms. The van der Waals surface area contributed by atoms with Gasteiger partial charge in [0.15, 0.2) is 17.3 Å². The van der Waals surface area contributed by atoms with E-state index < -0.39 is 3.79 Å². The number of fused-ring (bicyclic) bond motifs is 1. The highest BCUT2D eigenvalue weighted by Crippen LogP contribution is 2.39. The minimum Gasteiger partial charge on any atom is -0.493 e. The van der Waals surface area contributed by atoms with Crippen LogP contribution in [0.5, 0.6) is 11.5 Å². The third kappa shape index (κ3) is 3.22. The van der Waals surface area contributed by atoms with Gasteiger partial charge in [-0.3, -0.25) is 0 Å². The summed E-state index contributed by atoms with van der Waals surface area (Å²) in [6.07, 6.45) is 0. The summed E-state index contributed by atoms with van der Waals surface area (Å²) in [5.41, 5.74) is 2.16. The van der Waals surface area contributed by atoms with Crippen molar-refractivity contribution in [2.75, 3.05) is 14.2 Å². The zero-order valence-electron chi connectivity index (χ0n) is 12.9. The van der Waals surface area contributed by atoms with Crippen LogP contribution in [0.25, 0.3) is 22.2 Å². The van der Waals surface area contributed by atoms with Crippen molar-refractivity contribution >= 4 is 45.7 Å². The molecule has 1 heterocycles. The standard InChI is InChI=1S/C17H13Cl3N2O2/c1-23-13-8-7-10(9-14(13)24-2)15-11-5-3-4-6-12(11)21-16(22-15)17(18,19)20/h3-9H,1-2H3. The molecule has 0 saturated carbocycles. The fourth-order valence-electron chi connectivity index (χ4n) is 2.41. The largest absolute Gasteiger partial charge is 0.493 e. The topological polar surface area (TPSA) is 44.2 Å². The predicted molar refractivity (Wildman–Crippen MR) is 97.3 cm³/mol. The molecular weight excluding hydrogens is 371 g/mol. The Balaban J connectivity index is 2.28. The van der Waals surface area contributed by atoms with Crippen LogP contribution in [0.3, 0.4) is 0 Å². The highest BCUT2D eigenvalue weighted by Gasteiger charge is 2.28. The van der Waals surface area contributed by atoms with Crippen molar-refractivity contribution in [2.24, 2.45) is 0 Å².